The van der Waals surface area contributed by atoms with Crippen LogP contribution in [-0.4, -0.2) is 11.1 Å². The summed E-state index contributed by atoms with van der Waals surface area (Å²) in [6, 6.07) is 0. The Balaban J connectivity index is 2.30. The topological polar surface area (TPSA) is 37.3 Å². The molecule has 2 aliphatic rings. The highest BCUT2D eigenvalue weighted by Crippen LogP contribution is 2.62. The monoisotopic (exact) mass is 302 g/mol. The number of hydrogen-bond donors (Lipinski definition) is 1. The predicted octanol–water partition coefficient (Wildman–Crippen LogP) is 5.37. The van der Waals surface area contributed by atoms with E-state index in [1.807, 2.05) is 13.0 Å². The minimum Gasteiger partial charge on any atom is -0.481 e. The highest BCUT2D eigenvalue weighted by Gasteiger charge is 2.57. The standard InChI is InChI=1S/C20H30O2/c1-6-14(2)8-10-16-15(3)9-11-17-19(16,4)12-7-13-20(17,5)18(21)22/h6,16-17H,1-3,7-13H2,4-5H3,(H,21,22)/t16-,17+,19+,20+/m0/s1. The first-order valence-electron chi connectivity index (χ1n) is 8.47. The van der Waals surface area contributed by atoms with Gasteiger partial charge < -0.3 is 5.11 Å². The van der Waals surface area contributed by atoms with Crippen LogP contribution in [0.15, 0.2) is 37.0 Å². The van der Waals surface area contributed by atoms with Crippen LogP contribution in [-0.2, 0) is 4.79 Å². The molecule has 2 heteroatoms. The zero-order valence-corrected chi connectivity index (χ0v) is 14.2. The van der Waals surface area contributed by atoms with E-state index in [1.165, 1.54) is 5.57 Å². The molecular weight excluding hydrogens is 272 g/mol. The highest BCUT2D eigenvalue weighted by atomic mass is 16.4. The van der Waals surface area contributed by atoms with E-state index in [9.17, 15) is 9.90 Å². The molecule has 4 atom stereocenters. The third-order valence-electron chi connectivity index (χ3n) is 6.55. The van der Waals surface area contributed by atoms with Gasteiger partial charge in [-0.25, -0.2) is 0 Å². The summed E-state index contributed by atoms with van der Waals surface area (Å²) in [4.78, 5) is 11.9. The summed E-state index contributed by atoms with van der Waals surface area (Å²) in [6.07, 6.45) is 8.64. The van der Waals surface area contributed by atoms with E-state index in [-0.39, 0.29) is 11.3 Å². The molecule has 122 valence electrons. The van der Waals surface area contributed by atoms with Gasteiger partial charge in [0.1, 0.15) is 0 Å². The van der Waals surface area contributed by atoms with Crippen LogP contribution in [0.4, 0.5) is 0 Å². The summed E-state index contributed by atoms with van der Waals surface area (Å²) in [5.74, 6) is 0.0332. The Labute approximate surface area is 135 Å². The van der Waals surface area contributed by atoms with E-state index in [0.717, 1.165) is 50.5 Å². The summed E-state index contributed by atoms with van der Waals surface area (Å²) in [7, 11) is 0. The van der Waals surface area contributed by atoms with Crippen molar-refractivity contribution in [1.29, 1.82) is 0 Å². The summed E-state index contributed by atoms with van der Waals surface area (Å²) < 4.78 is 0. The second-order valence-corrected chi connectivity index (χ2v) is 7.79. The maximum atomic E-state index is 11.9. The van der Waals surface area contributed by atoms with Gasteiger partial charge in [0.2, 0.25) is 0 Å². The van der Waals surface area contributed by atoms with Crippen molar-refractivity contribution in [2.45, 2.75) is 58.8 Å². The van der Waals surface area contributed by atoms with Crippen molar-refractivity contribution >= 4 is 5.97 Å². The van der Waals surface area contributed by atoms with Gasteiger partial charge in [-0.15, -0.1) is 0 Å². The van der Waals surface area contributed by atoms with E-state index in [4.69, 9.17) is 0 Å². The van der Waals surface area contributed by atoms with Crippen LogP contribution < -0.4 is 0 Å². The Hall–Kier alpha value is -1.31. The lowest BCUT2D eigenvalue weighted by Crippen LogP contribution is -2.53. The molecule has 0 radical (unpaired) electrons. The highest BCUT2D eigenvalue weighted by molar-refractivity contribution is 5.75. The fraction of sp³-hybridized carbons (Fsp3) is 0.650. The van der Waals surface area contributed by atoms with Gasteiger partial charge in [0, 0.05) is 0 Å². The smallest absolute Gasteiger partial charge is 0.309 e. The van der Waals surface area contributed by atoms with Crippen LogP contribution in [0.1, 0.15) is 58.8 Å². The SMILES string of the molecule is C=CC(=C)CC[C@H]1C(=C)CC[C@@H]2[C@]1(C)CCC[C@@]2(C)C(=O)O. The molecule has 0 aromatic carbocycles. The molecule has 2 rings (SSSR count). The Morgan fingerprint density at radius 1 is 1.41 bits per heavy atom. The van der Waals surface area contributed by atoms with Crippen molar-refractivity contribution < 1.29 is 9.90 Å². The maximum Gasteiger partial charge on any atom is 0.309 e. The number of allylic oxidation sites excluding steroid dienone is 3. The van der Waals surface area contributed by atoms with Crippen molar-refractivity contribution in [1.82, 2.24) is 0 Å². The molecule has 22 heavy (non-hydrogen) atoms. The Morgan fingerprint density at radius 3 is 2.68 bits per heavy atom. The molecule has 0 spiro atoms. The summed E-state index contributed by atoms with van der Waals surface area (Å²) >= 11 is 0. The van der Waals surface area contributed by atoms with Crippen LogP contribution in [0, 0.1) is 22.7 Å². The van der Waals surface area contributed by atoms with E-state index in [1.54, 1.807) is 0 Å². The molecule has 2 aliphatic carbocycles. The van der Waals surface area contributed by atoms with Crippen LogP contribution in [0.5, 0.6) is 0 Å². The number of carbonyl (C=O) groups is 1. The summed E-state index contributed by atoms with van der Waals surface area (Å²) in [5, 5.41) is 9.81. The molecule has 1 N–H and O–H groups in total. The molecular formula is C20H30O2. The van der Waals surface area contributed by atoms with Crippen molar-refractivity contribution in [2.75, 3.05) is 0 Å². The van der Waals surface area contributed by atoms with Gasteiger partial charge in [0.25, 0.3) is 0 Å². The van der Waals surface area contributed by atoms with Gasteiger partial charge in [0.05, 0.1) is 5.41 Å². The number of hydrogen-bond acceptors (Lipinski definition) is 1. The summed E-state index contributed by atoms with van der Waals surface area (Å²) in [5.41, 5.74) is 1.85. The Morgan fingerprint density at radius 2 is 2.09 bits per heavy atom. The van der Waals surface area contributed by atoms with Crippen molar-refractivity contribution in [3.8, 4) is 0 Å². The van der Waals surface area contributed by atoms with Crippen LogP contribution in [0.25, 0.3) is 0 Å². The van der Waals surface area contributed by atoms with Crippen molar-refractivity contribution in [2.24, 2.45) is 22.7 Å². The summed E-state index contributed by atoms with van der Waals surface area (Å²) in [6.45, 7) is 16.4. The molecule has 0 heterocycles. The second-order valence-electron chi connectivity index (χ2n) is 7.79. The molecule has 2 fully saturated rings. The number of carboxylic acid groups (broad SMARTS) is 1. The molecule has 2 nitrogen and oxygen atoms in total. The molecule has 0 aromatic heterocycles. The van der Waals surface area contributed by atoms with E-state index in [2.05, 4.69) is 26.7 Å². The maximum absolute atomic E-state index is 11.9. The second kappa shape index (κ2) is 6.06. The first-order chi connectivity index (χ1) is 10.3. The van der Waals surface area contributed by atoms with Gasteiger partial charge in [-0.3, -0.25) is 4.79 Å². The van der Waals surface area contributed by atoms with Crippen molar-refractivity contribution in [3.05, 3.63) is 37.0 Å². The predicted molar refractivity (Wildman–Crippen MR) is 91.6 cm³/mol. The van der Waals surface area contributed by atoms with Gasteiger partial charge in [-0.2, -0.15) is 0 Å². The van der Waals surface area contributed by atoms with Crippen LogP contribution in [0.2, 0.25) is 0 Å². The van der Waals surface area contributed by atoms with Gasteiger partial charge >= 0.3 is 5.97 Å². The Kier molecular flexibility index (Phi) is 4.70. The van der Waals surface area contributed by atoms with Gasteiger partial charge in [-0.1, -0.05) is 50.3 Å². The zero-order valence-electron chi connectivity index (χ0n) is 14.2. The molecule has 2 saturated carbocycles. The number of rotatable bonds is 5. The first-order valence-corrected chi connectivity index (χ1v) is 8.47. The van der Waals surface area contributed by atoms with E-state index in [0.29, 0.717) is 5.92 Å². The molecule has 0 aliphatic heterocycles. The van der Waals surface area contributed by atoms with Gasteiger partial charge in [-0.05, 0) is 62.7 Å². The minimum atomic E-state index is -0.620. The third kappa shape index (κ3) is 2.68. The average Bonchev–Trinajstić information content (AvgIpc) is 2.45. The van der Waals surface area contributed by atoms with E-state index < -0.39 is 11.4 Å². The first kappa shape index (κ1) is 17.1. The molecule has 0 bridgehead atoms. The third-order valence-corrected chi connectivity index (χ3v) is 6.55. The Bertz CT molecular complexity index is 504. The lowest BCUT2D eigenvalue weighted by Gasteiger charge is -2.57. The largest absolute Gasteiger partial charge is 0.481 e. The fourth-order valence-corrected chi connectivity index (χ4v) is 5.17. The quantitative estimate of drug-likeness (QED) is 0.547. The van der Waals surface area contributed by atoms with Crippen LogP contribution in [0.3, 0.4) is 0 Å². The average molecular weight is 302 g/mol. The van der Waals surface area contributed by atoms with E-state index >= 15 is 0 Å². The minimum absolute atomic E-state index is 0.0577. The molecule has 0 saturated heterocycles. The van der Waals surface area contributed by atoms with Gasteiger partial charge in [0.15, 0.2) is 0 Å². The zero-order chi connectivity index (χ0) is 16.5. The molecule has 0 aromatic rings. The lowest BCUT2D eigenvalue weighted by atomic mass is 9.46. The van der Waals surface area contributed by atoms with Crippen molar-refractivity contribution in [3.63, 3.8) is 0 Å². The fourth-order valence-electron chi connectivity index (χ4n) is 5.17. The number of fused-ring (bicyclic) bond motifs is 1. The number of aliphatic carboxylic acids is 1. The number of carboxylic acids is 1. The molecule has 0 unspecified atom stereocenters. The van der Waals surface area contributed by atoms with Crippen LogP contribution >= 0.6 is 0 Å². The molecule has 0 amide bonds. The normalized spacial score (nSPS) is 38.2. The lowest BCUT2D eigenvalue weighted by molar-refractivity contribution is -0.164.